The van der Waals surface area contributed by atoms with Gasteiger partial charge in [-0.2, -0.15) is 0 Å². The predicted octanol–water partition coefficient (Wildman–Crippen LogP) is 4.13. The zero-order chi connectivity index (χ0) is 11.2. The maximum Gasteiger partial charge on any atom is 0.152 e. The molecule has 0 bridgehead atoms. The van der Waals surface area contributed by atoms with E-state index in [1.165, 1.54) is 6.20 Å². The first-order valence-corrected chi connectivity index (χ1v) is 4.86. The summed E-state index contributed by atoms with van der Waals surface area (Å²) in [5.41, 5.74) is 0.605. The van der Waals surface area contributed by atoms with Crippen LogP contribution in [0, 0.1) is 18.6 Å². The minimum Gasteiger partial charge on any atom is -0.253 e. The third kappa shape index (κ3) is 1.56. The standard InChI is InChI=1S/C10H5Cl2F2N/c1-4-3-15-10-6(14)2-5(13)9(12)7(10)8(4)11/h2-3H,1H3. The number of fused-ring (bicyclic) bond motifs is 1. The fraction of sp³-hybridized carbons (Fsp3) is 0.100. The van der Waals surface area contributed by atoms with Crippen molar-refractivity contribution in [2.24, 2.45) is 0 Å². The van der Waals surface area contributed by atoms with Gasteiger partial charge in [0.1, 0.15) is 11.3 Å². The maximum atomic E-state index is 13.3. The minimum absolute atomic E-state index is 0.0167. The van der Waals surface area contributed by atoms with E-state index in [0.717, 1.165) is 0 Å². The number of rotatable bonds is 0. The van der Waals surface area contributed by atoms with Crippen molar-refractivity contribution in [1.29, 1.82) is 0 Å². The molecule has 0 atom stereocenters. The lowest BCUT2D eigenvalue weighted by molar-refractivity contribution is 0.590. The Balaban J connectivity index is 3.04. The van der Waals surface area contributed by atoms with Crippen LogP contribution in [-0.4, -0.2) is 4.98 Å². The van der Waals surface area contributed by atoms with Crippen molar-refractivity contribution in [3.63, 3.8) is 0 Å². The summed E-state index contributed by atoms with van der Waals surface area (Å²) < 4.78 is 26.5. The van der Waals surface area contributed by atoms with Gasteiger partial charge in [-0.1, -0.05) is 23.2 Å². The summed E-state index contributed by atoms with van der Waals surface area (Å²) in [6.45, 7) is 1.69. The molecule has 1 aromatic heterocycles. The van der Waals surface area contributed by atoms with Crippen molar-refractivity contribution in [1.82, 2.24) is 4.98 Å². The Morgan fingerprint density at radius 2 is 1.80 bits per heavy atom. The second-order valence-electron chi connectivity index (χ2n) is 3.13. The fourth-order valence-electron chi connectivity index (χ4n) is 1.33. The molecule has 5 heteroatoms. The van der Waals surface area contributed by atoms with Gasteiger partial charge in [0.2, 0.25) is 0 Å². The molecule has 0 aliphatic heterocycles. The summed E-state index contributed by atoms with van der Waals surface area (Å²) in [5.74, 6) is -1.61. The van der Waals surface area contributed by atoms with Gasteiger partial charge in [-0.15, -0.1) is 0 Å². The predicted molar refractivity (Wildman–Crippen MR) is 56.4 cm³/mol. The Hall–Kier alpha value is -0.930. The number of halogens is 4. The van der Waals surface area contributed by atoms with Crippen LogP contribution in [0.15, 0.2) is 12.3 Å². The Morgan fingerprint density at radius 1 is 1.13 bits per heavy atom. The number of aromatic nitrogens is 1. The monoisotopic (exact) mass is 247 g/mol. The molecule has 0 radical (unpaired) electrons. The molecule has 1 heterocycles. The SMILES string of the molecule is Cc1cnc2c(F)cc(F)c(Cl)c2c1Cl. The number of hydrogen-bond acceptors (Lipinski definition) is 1. The summed E-state index contributed by atoms with van der Waals surface area (Å²) >= 11 is 11.6. The molecular formula is C10H5Cl2F2N. The molecular weight excluding hydrogens is 243 g/mol. The molecule has 2 rings (SSSR count). The molecule has 0 aliphatic rings. The smallest absolute Gasteiger partial charge is 0.152 e. The molecule has 0 spiro atoms. The summed E-state index contributed by atoms with van der Waals surface area (Å²) in [4.78, 5) is 3.83. The van der Waals surface area contributed by atoms with Gasteiger partial charge < -0.3 is 0 Å². The van der Waals surface area contributed by atoms with Crippen LogP contribution in [0.1, 0.15) is 5.56 Å². The first-order chi connectivity index (χ1) is 7.02. The summed E-state index contributed by atoms with van der Waals surface area (Å²) in [5, 5.41) is 0.145. The highest BCUT2D eigenvalue weighted by atomic mass is 35.5. The van der Waals surface area contributed by atoms with Gasteiger partial charge in [0.05, 0.1) is 10.0 Å². The third-order valence-electron chi connectivity index (χ3n) is 2.10. The lowest BCUT2D eigenvalue weighted by Crippen LogP contribution is -1.92. The Labute approximate surface area is 94.6 Å². The van der Waals surface area contributed by atoms with Crippen LogP contribution in [0.2, 0.25) is 10.0 Å². The van der Waals surface area contributed by atoms with E-state index in [1.54, 1.807) is 6.92 Å². The topological polar surface area (TPSA) is 12.9 Å². The number of aryl methyl sites for hydroxylation is 1. The van der Waals surface area contributed by atoms with Crippen molar-refractivity contribution in [2.45, 2.75) is 6.92 Å². The van der Waals surface area contributed by atoms with Crippen molar-refractivity contribution >= 4 is 34.1 Å². The van der Waals surface area contributed by atoms with Gasteiger partial charge in [-0.25, -0.2) is 8.78 Å². The molecule has 0 fully saturated rings. The second-order valence-corrected chi connectivity index (χ2v) is 3.89. The molecule has 1 nitrogen and oxygen atoms in total. The van der Waals surface area contributed by atoms with Crippen LogP contribution in [-0.2, 0) is 0 Å². The van der Waals surface area contributed by atoms with E-state index in [-0.39, 0.29) is 20.9 Å². The lowest BCUT2D eigenvalue weighted by atomic mass is 10.1. The molecule has 1 aromatic carbocycles. The van der Waals surface area contributed by atoms with Crippen molar-refractivity contribution < 1.29 is 8.78 Å². The summed E-state index contributed by atoms with van der Waals surface area (Å²) in [6, 6.07) is 0.698. The molecule has 0 saturated carbocycles. The fourth-order valence-corrected chi connectivity index (χ4v) is 1.85. The minimum atomic E-state index is -0.837. The molecule has 0 saturated heterocycles. The van der Waals surface area contributed by atoms with E-state index in [0.29, 0.717) is 11.6 Å². The summed E-state index contributed by atoms with van der Waals surface area (Å²) in [7, 11) is 0. The van der Waals surface area contributed by atoms with Gasteiger partial charge in [0.25, 0.3) is 0 Å². The van der Waals surface area contributed by atoms with E-state index in [2.05, 4.69) is 4.98 Å². The summed E-state index contributed by atoms with van der Waals surface area (Å²) in [6.07, 6.45) is 1.42. The number of pyridine rings is 1. The van der Waals surface area contributed by atoms with Gasteiger partial charge in [-0.05, 0) is 12.5 Å². The van der Waals surface area contributed by atoms with Crippen LogP contribution >= 0.6 is 23.2 Å². The van der Waals surface area contributed by atoms with Crippen LogP contribution in [0.3, 0.4) is 0 Å². The molecule has 0 unspecified atom stereocenters. The van der Waals surface area contributed by atoms with Gasteiger partial charge in [0, 0.05) is 17.6 Å². The van der Waals surface area contributed by atoms with Crippen molar-refractivity contribution in [2.75, 3.05) is 0 Å². The van der Waals surface area contributed by atoms with Crippen molar-refractivity contribution in [3.8, 4) is 0 Å². The van der Waals surface area contributed by atoms with Gasteiger partial charge in [0.15, 0.2) is 5.82 Å². The largest absolute Gasteiger partial charge is 0.253 e. The van der Waals surface area contributed by atoms with Gasteiger partial charge in [-0.3, -0.25) is 4.98 Å². The number of nitrogens with zero attached hydrogens (tertiary/aromatic N) is 1. The zero-order valence-electron chi connectivity index (χ0n) is 7.61. The highest BCUT2D eigenvalue weighted by molar-refractivity contribution is 6.42. The maximum absolute atomic E-state index is 13.3. The molecule has 2 aromatic rings. The van der Waals surface area contributed by atoms with Gasteiger partial charge >= 0.3 is 0 Å². The van der Waals surface area contributed by atoms with E-state index >= 15 is 0 Å². The van der Waals surface area contributed by atoms with Crippen LogP contribution in [0.25, 0.3) is 10.9 Å². The molecule has 78 valence electrons. The van der Waals surface area contributed by atoms with Crippen molar-refractivity contribution in [3.05, 3.63) is 39.5 Å². The molecule has 0 aliphatic carbocycles. The molecule has 0 N–H and O–H groups in total. The van der Waals surface area contributed by atoms with E-state index in [1.807, 2.05) is 0 Å². The average molecular weight is 248 g/mol. The van der Waals surface area contributed by atoms with E-state index in [4.69, 9.17) is 23.2 Å². The third-order valence-corrected chi connectivity index (χ3v) is 2.96. The quantitative estimate of drug-likeness (QED) is 0.639. The van der Waals surface area contributed by atoms with E-state index in [9.17, 15) is 8.78 Å². The van der Waals surface area contributed by atoms with Crippen LogP contribution < -0.4 is 0 Å². The number of benzene rings is 1. The Bertz CT molecular complexity index is 547. The highest BCUT2D eigenvalue weighted by Crippen LogP contribution is 2.34. The van der Waals surface area contributed by atoms with Crippen LogP contribution in [0.4, 0.5) is 8.78 Å². The molecule has 15 heavy (non-hydrogen) atoms. The first kappa shape index (κ1) is 10.6. The highest BCUT2D eigenvalue weighted by Gasteiger charge is 2.15. The average Bonchev–Trinajstić information content (AvgIpc) is 2.19. The van der Waals surface area contributed by atoms with Crippen LogP contribution in [0.5, 0.6) is 0 Å². The second kappa shape index (κ2) is 3.58. The normalized spacial score (nSPS) is 11.0. The number of hydrogen-bond donors (Lipinski definition) is 0. The lowest BCUT2D eigenvalue weighted by Gasteiger charge is -2.06. The Kier molecular flexibility index (Phi) is 2.52. The first-order valence-electron chi connectivity index (χ1n) is 4.10. The zero-order valence-corrected chi connectivity index (χ0v) is 9.13. The van der Waals surface area contributed by atoms with E-state index < -0.39 is 11.6 Å². The Morgan fingerprint density at radius 3 is 2.47 bits per heavy atom. The molecule has 0 amide bonds.